The molecule has 51 heavy (non-hydrogen) atoms. The molecule has 3 heteroatoms. The molecule has 1 aromatic carbocycles. The SMILES string of the molecule is CC(C/C=C(\CNc1ccccc1)C1=CC=C(/C=C/C=C\CN)C2CCC=CC12)C1=C2C=CC=CC2C(C2C=CC(C3CCC=CN3)CC2)CC1. The molecule has 1 aliphatic heterocycles. The number of hydrogen-bond acceptors (Lipinski definition) is 3. The zero-order chi connectivity index (χ0) is 34.8. The molecule has 0 amide bonds. The average Bonchev–Trinajstić information content (AvgIpc) is 3.20. The number of fused-ring (bicyclic) bond motifs is 2. The maximum Gasteiger partial charge on any atom is 0.0400 e. The zero-order valence-corrected chi connectivity index (χ0v) is 30.7. The zero-order valence-electron chi connectivity index (χ0n) is 30.7. The third-order valence-electron chi connectivity index (χ3n) is 12.5. The first kappa shape index (κ1) is 35.3. The van der Waals surface area contributed by atoms with Crippen LogP contribution < -0.4 is 16.4 Å². The number of benzene rings is 1. The van der Waals surface area contributed by atoms with Crippen LogP contribution in [0.2, 0.25) is 0 Å². The van der Waals surface area contributed by atoms with Crippen LogP contribution in [0.3, 0.4) is 0 Å². The Bertz CT molecular complexity index is 1690. The van der Waals surface area contributed by atoms with Crippen LogP contribution in [0.15, 0.2) is 162 Å². The Balaban J connectivity index is 1.11. The fourth-order valence-electron chi connectivity index (χ4n) is 9.71. The van der Waals surface area contributed by atoms with Crippen molar-refractivity contribution in [1.82, 2.24) is 5.32 Å². The number of anilines is 1. The monoisotopic (exact) mass is 677 g/mol. The van der Waals surface area contributed by atoms with E-state index < -0.39 is 0 Å². The second kappa shape index (κ2) is 17.4. The minimum absolute atomic E-state index is 0.405. The summed E-state index contributed by atoms with van der Waals surface area (Å²) >= 11 is 0. The molecule has 0 aromatic heterocycles. The van der Waals surface area contributed by atoms with Crippen LogP contribution in [-0.4, -0.2) is 19.1 Å². The van der Waals surface area contributed by atoms with E-state index in [2.05, 4.69) is 145 Å². The molecule has 5 aliphatic carbocycles. The first-order valence-corrected chi connectivity index (χ1v) is 20.0. The lowest BCUT2D eigenvalue weighted by Crippen LogP contribution is -2.36. The minimum Gasteiger partial charge on any atom is -0.388 e. The molecule has 1 heterocycles. The molecular formula is C48H59N3. The quantitative estimate of drug-likeness (QED) is 0.152. The maximum absolute atomic E-state index is 5.69. The molecule has 0 saturated heterocycles. The number of nitrogens with two attached hydrogens (primary N) is 1. The Morgan fingerprint density at radius 3 is 2.59 bits per heavy atom. The molecule has 0 fully saturated rings. The van der Waals surface area contributed by atoms with Gasteiger partial charge in [-0.3, -0.25) is 0 Å². The molecule has 0 saturated carbocycles. The molecule has 8 unspecified atom stereocenters. The Labute approximate surface area is 308 Å². The molecule has 6 aliphatic rings. The third-order valence-corrected chi connectivity index (χ3v) is 12.5. The molecule has 1 aromatic rings. The Morgan fingerprint density at radius 2 is 1.76 bits per heavy atom. The molecule has 266 valence electrons. The molecule has 4 N–H and O–H groups in total. The predicted octanol–water partition coefficient (Wildman–Crippen LogP) is 10.9. The number of nitrogens with one attached hydrogen (secondary N) is 2. The summed E-state index contributed by atoms with van der Waals surface area (Å²) < 4.78 is 0. The van der Waals surface area contributed by atoms with E-state index in [1.54, 1.807) is 11.1 Å². The number of allylic oxidation sites excluding steroid dienone is 17. The maximum atomic E-state index is 5.69. The number of hydrogen-bond donors (Lipinski definition) is 3. The lowest BCUT2D eigenvalue weighted by Gasteiger charge is -2.41. The van der Waals surface area contributed by atoms with Crippen LogP contribution >= 0.6 is 0 Å². The van der Waals surface area contributed by atoms with Gasteiger partial charge in [-0.2, -0.15) is 0 Å². The van der Waals surface area contributed by atoms with Gasteiger partial charge in [0.1, 0.15) is 0 Å². The van der Waals surface area contributed by atoms with Gasteiger partial charge in [0.2, 0.25) is 0 Å². The second-order valence-electron chi connectivity index (χ2n) is 15.5. The Hall–Kier alpha value is -4.08. The van der Waals surface area contributed by atoms with Gasteiger partial charge in [-0.15, -0.1) is 0 Å². The van der Waals surface area contributed by atoms with Crippen molar-refractivity contribution in [1.29, 1.82) is 0 Å². The topological polar surface area (TPSA) is 50.1 Å². The van der Waals surface area contributed by atoms with Crippen molar-refractivity contribution in [3.05, 3.63) is 162 Å². The van der Waals surface area contributed by atoms with Gasteiger partial charge in [-0.05, 0) is 128 Å². The average molecular weight is 678 g/mol. The highest BCUT2D eigenvalue weighted by molar-refractivity contribution is 5.51. The van der Waals surface area contributed by atoms with E-state index in [0.717, 1.165) is 19.4 Å². The highest BCUT2D eigenvalue weighted by Crippen LogP contribution is 2.48. The summed E-state index contributed by atoms with van der Waals surface area (Å²) in [6, 6.07) is 11.3. The number of rotatable bonds is 12. The standard InChI is InChI=1S/C48H59N3/c1-35(41-30-31-43(47-20-10-9-18-45(41)47)37-24-26-38(27-25-37)48-21-11-13-33-50-48)22-23-39(34-51-40-15-5-2-6-16-40)44-29-28-36(14-4-3-12-32-49)42-17-7-8-19-46(42)44/h2-6,8-10,12-16,18-20,23-24,26,28-29,33,35,37-38,42-43,46-48,50-51H,7,11,17,21-22,25,27,30-32,34,49H2,1H3/b12-3-,14-4+,39-23+. The van der Waals surface area contributed by atoms with Gasteiger partial charge in [0.05, 0.1) is 0 Å². The molecule has 7 rings (SSSR count). The van der Waals surface area contributed by atoms with Gasteiger partial charge < -0.3 is 16.4 Å². The lowest BCUT2D eigenvalue weighted by atomic mass is 9.64. The number of para-hydroxylation sites is 1. The van der Waals surface area contributed by atoms with Crippen molar-refractivity contribution >= 4 is 5.69 Å². The molecule has 0 radical (unpaired) electrons. The van der Waals surface area contributed by atoms with E-state index >= 15 is 0 Å². The molecule has 8 atom stereocenters. The fraction of sp³-hybridized carbons (Fsp3) is 0.417. The van der Waals surface area contributed by atoms with E-state index in [4.69, 9.17) is 5.73 Å². The summed E-state index contributed by atoms with van der Waals surface area (Å²) in [4.78, 5) is 0. The fourth-order valence-corrected chi connectivity index (χ4v) is 9.71. The largest absolute Gasteiger partial charge is 0.388 e. The van der Waals surface area contributed by atoms with Gasteiger partial charge in [0, 0.05) is 36.7 Å². The lowest BCUT2D eigenvalue weighted by molar-refractivity contribution is 0.246. The third kappa shape index (κ3) is 8.53. The van der Waals surface area contributed by atoms with Crippen molar-refractivity contribution in [3.8, 4) is 0 Å². The van der Waals surface area contributed by atoms with Crippen LogP contribution in [0.4, 0.5) is 5.69 Å². The van der Waals surface area contributed by atoms with E-state index in [1.165, 1.54) is 67.4 Å². The van der Waals surface area contributed by atoms with Crippen molar-refractivity contribution in [3.63, 3.8) is 0 Å². The van der Waals surface area contributed by atoms with Crippen LogP contribution in [-0.2, 0) is 0 Å². The summed E-state index contributed by atoms with van der Waals surface area (Å²) in [6.45, 7) is 3.89. The highest BCUT2D eigenvalue weighted by Gasteiger charge is 2.37. The second-order valence-corrected chi connectivity index (χ2v) is 15.5. The van der Waals surface area contributed by atoms with Crippen molar-refractivity contribution in [2.45, 2.75) is 70.8 Å². The molecular weight excluding hydrogens is 619 g/mol. The highest BCUT2D eigenvalue weighted by atomic mass is 14.9. The van der Waals surface area contributed by atoms with Gasteiger partial charge in [-0.25, -0.2) is 0 Å². The van der Waals surface area contributed by atoms with Gasteiger partial charge in [0.25, 0.3) is 0 Å². The Kier molecular flexibility index (Phi) is 12.1. The van der Waals surface area contributed by atoms with Crippen LogP contribution in [0.1, 0.15) is 64.7 Å². The van der Waals surface area contributed by atoms with Crippen LogP contribution in [0, 0.1) is 41.4 Å². The summed E-state index contributed by atoms with van der Waals surface area (Å²) in [7, 11) is 0. The van der Waals surface area contributed by atoms with E-state index in [-0.39, 0.29) is 0 Å². The van der Waals surface area contributed by atoms with E-state index in [0.29, 0.717) is 54.0 Å². The van der Waals surface area contributed by atoms with Crippen LogP contribution in [0.5, 0.6) is 0 Å². The Morgan fingerprint density at radius 1 is 0.902 bits per heavy atom. The van der Waals surface area contributed by atoms with Gasteiger partial charge in [0.15, 0.2) is 0 Å². The van der Waals surface area contributed by atoms with Gasteiger partial charge in [-0.1, -0.05) is 128 Å². The molecule has 0 spiro atoms. The summed E-state index contributed by atoms with van der Waals surface area (Å²) in [5.41, 5.74) is 14.5. The smallest absolute Gasteiger partial charge is 0.0400 e. The minimum atomic E-state index is 0.405. The first-order chi connectivity index (χ1) is 25.2. The summed E-state index contributed by atoms with van der Waals surface area (Å²) in [5.74, 6) is 4.03. The summed E-state index contributed by atoms with van der Waals surface area (Å²) in [5, 5.41) is 7.42. The van der Waals surface area contributed by atoms with Crippen LogP contribution in [0.25, 0.3) is 0 Å². The summed E-state index contributed by atoms with van der Waals surface area (Å²) in [6.07, 6.45) is 51.0. The first-order valence-electron chi connectivity index (χ1n) is 20.0. The molecule has 3 nitrogen and oxygen atoms in total. The van der Waals surface area contributed by atoms with Crippen molar-refractivity contribution < 1.29 is 0 Å². The van der Waals surface area contributed by atoms with E-state index in [1.807, 2.05) is 6.08 Å². The predicted molar refractivity (Wildman–Crippen MR) is 218 cm³/mol. The molecule has 0 bridgehead atoms. The normalized spacial score (nSPS) is 30.9. The van der Waals surface area contributed by atoms with Crippen molar-refractivity contribution in [2.75, 3.05) is 18.4 Å². The van der Waals surface area contributed by atoms with Crippen molar-refractivity contribution in [2.24, 2.45) is 47.2 Å². The van der Waals surface area contributed by atoms with E-state index in [9.17, 15) is 0 Å². The van der Waals surface area contributed by atoms with Gasteiger partial charge >= 0.3 is 0 Å².